The van der Waals surface area contributed by atoms with Crippen LogP contribution in [0, 0.1) is 11.3 Å². The zero-order chi connectivity index (χ0) is 12.2. The number of carbonyl (C=O) groups is 1. The molecule has 3 heteroatoms. The van der Waals surface area contributed by atoms with E-state index in [1.807, 2.05) is 0 Å². The third-order valence-corrected chi connectivity index (χ3v) is 3.84. The van der Waals surface area contributed by atoms with Crippen molar-refractivity contribution in [1.82, 2.24) is 5.32 Å². The first kappa shape index (κ1) is 13.5. The molecule has 1 saturated carbocycles. The van der Waals surface area contributed by atoms with Crippen molar-refractivity contribution in [3.05, 3.63) is 0 Å². The van der Waals surface area contributed by atoms with Gasteiger partial charge in [-0.1, -0.05) is 33.6 Å². The normalized spacial score (nSPS) is 25.4. The van der Waals surface area contributed by atoms with Crippen LogP contribution in [0.4, 0.5) is 0 Å². The van der Waals surface area contributed by atoms with Crippen LogP contribution in [0.25, 0.3) is 0 Å². The summed E-state index contributed by atoms with van der Waals surface area (Å²) in [7, 11) is 0. The van der Waals surface area contributed by atoms with Crippen LogP contribution in [0.1, 0.15) is 52.9 Å². The molecule has 0 aromatic carbocycles. The number of nitrogens with one attached hydrogen (secondary N) is 1. The molecule has 0 radical (unpaired) electrons. The van der Waals surface area contributed by atoms with Crippen LogP contribution in [0.15, 0.2) is 0 Å². The fourth-order valence-electron chi connectivity index (χ4n) is 2.71. The quantitative estimate of drug-likeness (QED) is 0.754. The summed E-state index contributed by atoms with van der Waals surface area (Å²) in [6.45, 7) is 7.06. The lowest BCUT2D eigenvalue weighted by atomic mass is 9.81. The topological polar surface area (TPSA) is 55.1 Å². The molecular weight excluding hydrogens is 200 g/mol. The smallest absolute Gasteiger partial charge is 0.223 e. The number of amides is 1. The Morgan fingerprint density at radius 3 is 2.69 bits per heavy atom. The highest BCUT2D eigenvalue weighted by molar-refractivity contribution is 5.80. The van der Waals surface area contributed by atoms with Crippen molar-refractivity contribution in [3.8, 4) is 0 Å². The van der Waals surface area contributed by atoms with Crippen molar-refractivity contribution in [3.63, 3.8) is 0 Å². The fraction of sp³-hybridized carbons (Fsp3) is 0.923. The molecule has 2 unspecified atom stereocenters. The predicted molar refractivity (Wildman–Crippen MR) is 67.0 cm³/mol. The average molecular weight is 226 g/mol. The van der Waals surface area contributed by atoms with Gasteiger partial charge in [0.2, 0.25) is 5.91 Å². The number of rotatable bonds is 5. The Kier molecular flexibility index (Phi) is 4.78. The summed E-state index contributed by atoms with van der Waals surface area (Å²) in [5, 5.41) is 3.10. The van der Waals surface area contributed by atoms with Gasteiger partial charge >= 0.3 is 0 Å². The summed E-state index contributed by atoms with van der Waals surface area (Å²) in [4.78, 5) is 12.1. The van der Waals surface area contributed by atoms with Crippen LogP contribution in [0.5, 0.6) is 0 Å². The summed E-state index contributed by atoms with van der Waals surface area (Å²) in [5.41, 5.74) is 5.82. The Hall–Kier alpha value is -0.570. The minimum absolute atomic E-state index is 0.161. The van der Waals surface area contributed by atoms with Gasteiger partial charge in [-0.3, -0.25) is 4.79 Å². The van der Waals surface area contributed by atoms with Gasteiger partial charge in [-0.2, -0.15) is 0 Å². The maximum Gasteiger partial charge on any atom is 0.223 e. The molecule has 1 aliphatic rings. The van der Waals surface area contributed by atoms with E-state index in [0.29, 0.717) is 6.54 Å². The van der Waals surface area contributed by atoms with E-state index in [4.69, 9.17) is 5.73 Å². The first-order chi connectivity index (χ1) is 7.51. The Balaban J connectivity index is 2.51. The first-order valence-electron chi connectivity index (χ1n) is 6.51. The van der Waals surface area contributed by atoms with Gasteiger partial charge in [-0.25, -0.2) is 0 Å². The van der Waals surface area contributed by atoms with Gasteiger partial charge in [-0.05, 0) is 24.7 Å². The highest BCUT2D eigenvalue weighted by Crippen LogP contribution is 2.42. The molecule has 1 rings (SSSR count). The lowest BCUT2D eigenvalue weighted by Crippen LogP contribution is -2.45. The van der Waals surface area contributed by atoms with Gasteiger partial charge in [0, 0.05) is 18.5 Å². The second-order valence-electron chi connectivity index (χ2n) is 5.66. The number of nitrogens with two attached hydrogens (primary N) is 1. The van der Waals surface area contributed by atoms with E-state index in [0.717, 1.165) is 25.7 Å². The number of hydrogen-bond acceptors (Lipinski definition) is 2. The lowest BCUT2D eigenvalue weighted by molar-refractivity contribution is -0.128. The van der Waals surface area contributed by atoms with E-state index in [1.165, 1.54) is 6.42 Å². The molecule has 2 atom stereocenters. The monoisotopic (exact) mass is 226 g/mol. The molecule has 0 bridgehead atoms. The van der Waals surface area contributed by atoms with Crippen LogP contribution >= 0.6 is 0 Å². The molecule has 0 aliphatic heterocycles. The van der Waals surface area contributed by atoms with Gasteiger partial charge < -0.3 is 11.1 Å². The molecule has 16 heavy (non-hydrogen) atoms. The minimum Gasteiger partial charge on any atom is -0.352 e. The first-order valence-corrected chi connectivity index (χ1v) is 6.51. The molecule has 0 aromatic rings. The van der Waals surface area contributed by atoms with E-state index in [9.17, 15) is 4.79 Å². The second-order valence-corrected chi connectivity index (χ2v) is 5.66. The molecule has 1 amide bonds. The predicted octanol–water partition coefficient (Wildman–Crippen LogP) is 2.06. The Morgan fingerprint density at radius 2 is 2.25 bits per heavy atom. The van der Waals surface area contributed by atoms with Gasteiger partial charge in [0.25, 0.3) is 0 Å². The zero-order valence-corrected chi connectivity index (χ0v) is 10.9. The van der Waals surface area contributed by atoms with Crippen LogP contribution in [-0.4, -0.2) is 18.5 Å². The molecule has 0 heterocycles. The van der Waals surface area contributed by atoms with Gasteiger partial charge in [0.05, 0.1) is 0 Å². The Labute approximate surface area is 99.2 Å². The summed E-state index contributed by atoms with van der Waals surface area (Å²) >= 11 is 0. The van der Waals surface area contributed by atoms with E-state index < -0.39 is 0 Å². The maximum absolute atomic E-state index is 12.1. The van der Waals surface area contributed by atoms with E-state index in [-0.39, 0.29) is 23.3 Å². The highest BCUT2D eigenvalue weighted by atomic mass is 16.2. The van der Waals surface area contributed by atoms with Crippen molar-refractivity contribution in [2.24, 2.45) is 17.1 Å². The van der Waals surface area contributed by atoms with Crippen molar-refractivity contribution in [1.29, 1.82) is 0 Å². The minimum atomic E-state index is 0.161. The summed E-state index contributed by atoms with van der Waals surface area (Å²) in [5.74, 6) is 0.393. The highest BCUT2D eigenvalue weighted by Gasteiger charge is 2.39. The zero-order valence-electron chi connectivity index (χ0n) is 10.9. The lowest BCUT2D eigenvalue weighted by Gasteiger charge is -2.28. The third-order valence-electron chi connectivity index (χ3n) is 3.84. The molecule has 0 aromatic heterocycles. The summed E-state index contributed by atoms with van der Waals surface area (Å²) in [6.07, 6.45) is 5.41. The third kappa shape index (κ3) is 3.21. The molecular formula is C13H26N2O. The standard InChI is InChI=1S/C13H26N2O/c1-4-6-10(9-14)15-12(16)11-7-5-8-13(11,2)3/h10-11H,4-9,14H2,1-3H3,(H,15,16). The molecule has 1 fully saturated rings. The van der Waals surface area contributed by atoms with Gasteiger partial charge in [0.1, 0.15) is 0 Å². The van der Waals surface area contributed by atoms with Crippen LogP contribution in [0.2, 0.25) is 0 Å². The second kappa shape index (κ2) is 5.67. The summed E-state index contributed by atoms with van der Waals surface area (Å²) < 4.78 is 0. The van der Waals surface area contributed by atoms with Crippen LogP contribution < -0.4 is 11.1 Å². The van der Waals surface area contributed by atoms with Crippen molar-refractivity contribution >= 4 is 5.91 Å². The Morgan fingerprint density at radius 1 is 1.56 bits per heavy atom. The molecule has 1 aliphatic carbocycles. The summed E-state index contributed by atoms with van der Waals surface area (Å²) in [6, 6.07) is 0.161. The van der Waals surface area contributed by atoms with E-state index in [1.54, 1.807) is 0 Å². The van der Waals surface area contributed by atoms with Crippen molar-refractivity contribution < 1.29 is 4.79 Å². The van der Waals surface area contributed by atoms with Crippen molar-refractivity contribution in [2.45, 2.75) is 58.9 Å². The van der Waals surface area contributed by atoms with Gasteiger partial charge in [0.15, 0.2) is 0 Å². The molecule has 94 valence electrons. The molecule has 3 nitrogen and oxygen atoms in total. The van der Waals surface area contributed by atoms with E-state index >= 15 is 0 Å². The van der Waals surface area contributed by atoms with Crippen LogP contribution in [-0.2, 0) is 4.79 Å². The van der Waals surface area contributed by atoms with Gasteiger partial charge in [-0.15, -0.1) is 0 Å². The Bertz CT molecular complexity index is 238. The molecule has 3 N–H and O–H groups in total. The molecule has 0 saturated heterocycles. The van der Waals surface area contributed by atoms with Crippen molar-refractivity contribution in [2.75, 3.05) is 6.54 Å². The number of hydrogen-bond donors (Lipinski definition) is 2. The average Bonchev–Trinajstić information content (AvgIpc) is 2.57. The number of carbonyl (C=O) groups excluding carboxylic acids is 1. The largest absolute Gasteiger partial charge is 0.352 e. The van der Waals surface area contributed by atoms with Crippen LogP contribution in [0.3, 0.4) is 0 Å². The molecule has 0 spiro atoms. The fourth-order valence-corrected chi connectivity index (χ4v) is 2.71. The SMILES string of the molecule is CCCC(CN)NC(=O)C1CCCC1(C)C. The maximum atomic E-state index is 12.1. The van der Waals surface area contributed by atoms with E-state index in [2.05, 4.69) is 26.1 Å².